The van der Waals surface area contributed by atoms with E-state index in [1.807, 2.05) is 48.5 Å². The van der Waals surface area contributed by atoms with Crippen molar-refractivity contribution in [1.82, 2.24) is 10.3 Å². The number of carbonyl (C=O) groups excluding carboxylic acids is 1. The monoisotopic (exact) mass is 448 g/mol. The van der Waals surface area contributed by atoms with Gasteiger partial charge in [-0.15, -0.1) is 0 Å². The highest BCUT2D eigenvalue weighted by Crippen LogP contribution is 2.49. The smallest absolute Gasteiger partial charge is 0.262 e. The molecule has 2 aromatic carbocycles. The van der Waals surface area contributed by atoms with Crippen LogP contribution in [0.1, 0.15) is 24.0 Å². The number of carbonyl (C=O) groups is 1. The number of halogens is 1. The maximum Gasteiger partial charge on any atom is 0.262 e. The second kappa shape index (κ2) is 8.36. The molecule has 3 N–H and O–H groups in total. The molecule has 1 saturated heterocycles. The third kappa shape index (κ3) is 3.65. The number of benzene rings is 2. The van der Waals surface area contributed by atoms with Crippen LogP contribution in [0.5, 0.6) is 5.75 Å². The maximum absolute atomic E-state index is 13.3. The van der Waals surface area contributed by atoms with E-state index < -0.39 is 6.10 Å². The molecule has 32 heavy (non-hydrogen) atoms. The first-order valence-electron chi connectivity index (χ1n) is 10.8. The quantitative estimate of drug-likeness (QED) is 0.632. The predicted octanol–water partition coefficient (Wildman–Crippen LogP) is 3.93. The highest BCUT2D eigenvalue weighted by Gasteiger charge is 2.53. The molecular weight excluding hydrogens is 424 g/mol. The lowest BCUT2D eigenvalue weighted by Gasteiger charge is -2.42. The van der Waals surface area contributed by atoms with E-state index in [2.05, 4.69) is 21.3 Å². The Morgan fingerprint density at radius 2 is 1.91 bits per heavy atom. The summed E-state index contributed by atoms with van der Waals surface area (Å²) in [6.45, 7) is 1.90. The van der Waals surface area contributed by atoms with E-state index in [1.165, 1.54) is 0 Å². The van der Waals surface area contributed by atoms with Crippen LogP contribution >= 0.6 is 11.6 Å². The van der Waals surface area contributed by atoms with Crippen molar-refractivity contribution < 1.29 is 9.53 Å². The summed E-state index contributed by atoms with van der Waals surface area (Å²) in [5.74, 6) is 1.55. The van der Waals surface area contributed by atoms with Gasteiger partial charge in [0.05, 0.1) is 0 Å². The van der Waals surface area contributed by atoms with Crippen molar-refractivity contribution in [3.63, 3.8) is 0 Å². The van der Waals surface area contributed by atoms with Crippen molar-refractivity contribution in [2.24, 2.45) is 0 Å². The molecule has 164 valence electrons. The van der Waals surface area contributed by atoms with E-state index in [4.69, 9.17) is 22.1 Å². The first-order chi connectivity index (χ1) is 15.6. The van der Waals surface area contributed by atoms with E-state index >= 15 is 0 Å². The van der Waals surface area contributed by atoms with E-state index in [-0.39, 0.29) is 11.3 Å². The zero-order valence-corrected chi connectivity index (χ0v) is 18.4. The number of hydrogen-bond donors (Lipinski definition) is 2. The minimum Gasteiger partial charge on any atom is -0.479 e. The van der Waals surface area contributed by atoms with Gasteiger partial charge in [-0.05, 0) is 36.6 Å². The summed E-state index contributed by atoms with van der Waals surface area (Å²) in [4.78, 5) is 20.0. The molecule has 1 aromatic heterocycles. The predicted molar refractivity (Wildman–Crippen MR) is 126 cm³/mol. The second-order valence-corrected chi connectivity index (χ2v) is 8.80. The van der Waals surface area contributed by atoms with Crippen LogP contribution in [0.3, 0.4) is 0 Å². The Bertz CT molecular complexity index is 1140. The van der Waals surface area contributed by atoms with Crippen LogP contribution < -0.4 is 20.7 Å². The van der Waals surface area contributed by atoms with E-state index in [0.717, 1.165) is 48.6 Å². The van der Waals surface area contributed by atoms with Crippen LogP contribution in [0.25, 0.3) is 0 Å². The van der Waals surface area contributed by atoms with Crippen molar-refractivity contribution in [2.75, 3.05) is 23.7 Å². The standard InChI is InChI=1S/C25H25ClN4O2/c26-20-7-3-1-5-17(20)16-29-24(31)23-25(19-6-2-4-8-21(19)32-23)10-13-30(14-11-25)22-15-18(27)9-12-28-22/h1-9,12,15,23H,10-11,13-14,16H2,(H2,27,28)(H,29,31). The van der Waals surface area contributed by atoms with Gasteiger partial charge in [-0.3, -0.25) is 4.79 Å². The number of nitrogens with one attached hydrogen (secondary N) is 1. The molecular formula is C25H25ClN4O2. The first-order valence-corrected chi connectivity index (χ1v) is 11.2. The SMILES string of the molecule is Nc1ccnc(N2CCC3(CC2)c2ccccc2OC3C(=O)NCc2ccccc2Cl)c1. The number of amides is 1. The Balaban J connectivity index is 1.37. The summed E-state index contributed by atoms with van der Waals surface area (Å²) in [6.07, 6.45) is 2.71. The van der Waals surface area contributed by atoms with Crippen LogP contribution in [-0.2, 0) is 16.8 Å². The van der Waals surface area contributed by atoms with Crippen molar-refractivity contribution in [1.29, 1.82) is 0 Å². The molecule has 1 atom stereocenters. The zero-order valence-electron chi connectivity index (χ0n) is 17.6. The number of piperidine rings is 1. The molecule has 2 aliphatic heterocycles. The largest absolute Gasteiger partial charge is 0.479 e. The molecule has 3 heterocycles. The molecule has 0 bridgehead atoms. The number of nitrogen functional groups attached to an aromatic ring is 1. The fourth-order valence-corrected chi connectivity index (χ4v) is 5.06. The Labute approximate surface area is 192 Å². The van der Waals surface area contributed by atoms with Gasteiger partial charge in [-0.1, -0.05) is 48.0 Å². The van der Waals surface area contributed by atoms with Crippen LogP contribution in [0.4, 0.5) is 11.5 Å². The van der Waals surface area contributed by atoms with Gasteiger partial charge < -0.3 is 20.7 Å². The van der Waals surface area contributed by atoms with Crippen LogP contribution in [0.2, 0.25) is 5.02 Å². The third-order valence-corrected chi connectivity index (χ3v) is 6.94. The van der Waals surface area contributed by atoms with Crippen molar-refractivity contribution in [3.05, 3.63) is 83.0 Å². The number of hydrogen-bond acceptors (Lipinski definition) is 5. The van der Waals surface area contributed by atoms with Gasteiger partial charge in [0.2, 0.25) is 0 Å². The highest BCUT2D eigenvalue weighted by molar-refractivity contribution is 6.31. The van der Waals surface area contributed by atoms with E-state index in [1.54, 1.807) is 12.3 Å². The fourth-order valence-electron chi connectivity index (χ4n) is 4.86. The van der Waals surface area contributed by atoms with Gasteiger partial charge in [0.1, 0.15) is 11.6 Å². The number of anilines is 2. The van der Waals surface area contributed by atoms with Crippen LogP contribution in [0, 0.1) is 0 Å². The minimum absolute atomic E-state index is 0.114. The molecule has 0 aliphatic carbocycles. The lowest BCUT2D eigenvalue weighted by molar-refractivity contribution is -0.130. The molecule has 3 aromatic rings. The Morgan fingerprint density at radius 3 is 2.69 bits per heavy atom. The first kappa shape index (κ1) is 20.6. The topological polar surface area (TPSA) is 80.5 Å². The number of nitrogens with zero attached hydrogens (tertiary/aromatic N) is 2. The van der Waals surface area contributed by atoms with Crippen molar-refractivity contribution >= 4 is 29.0 Å². The summed E-state index contributed by atoms with van der Waals surface area (Å²) in [5.41, 5.74) is 8.26. The Kier molecular flexibility index (Phi) is 5.39. The average molecular weight is 449 g/mol. The molecule has 1 unspecified atom stereocenters. The van der Waals surface area contributed by atoms with Gasteiger partial charge in [-0.25, -0.2) is 4.98 Å². The molecule has 5 rings (SSSR count). The van der Waals surface area contributed by atoms with E-state index in [9.17, 15) is 4.79 Å². The Morgan fingerprint density at radius 1 is 1.16 bits per heavy atom. The molecule has 0 saturated carbocycles. The van der Waals surface area contributed by atoms with Crippen molar-refractivity contribution in [2.45, 2.75) is 30.9 Å². The van der Waals surface area contributed by atoms with Gasteiger partial charge in [0.25, 0.3) is 5.91 Å². The summed E-state index contributed by atoms with van der Waals surface area (Å²) in [6, 6.07) is 19.2. The van der Waals surface area contributed by atoms with Gasteiger partial charge >= 0.3 is 0 Å². The average Bonchev–Trinajstić information content (AvgIpc) is 3.13. The van der Waals surface area contributed by atoms with Gasteiger partial charge in [0.15, 0.2) is 6.10 Å². The molecule has 2 aliphatic rings. The maximum atomic E-state index is 13.3. The molecule has 1 spiro atoms. The molecule has 6 nitrogen and oxygen atoms in total. The third-order valence-electron chi connectivity index (χ3n) is 6.57. The fraction of sp³-hybridized carbons (Fsp3) is 0.280. The number of pyridine rings is 1. The van der Waals surface area contributed by atoms with Crippen LogP contribution in [-0.4, -0.2) is 30.1 Å². The second-order valence-electron chi connectivity index (χ2n) is 8.39. The summed E-state index contributed by atoms with van der Waals surface area (Å²) in [5, 5.41) is 3.69. The van der Waals surface area contributed by atoms with Crippen LogP contribution in [0.15, 0.2) is 66.9 Å². The summed E-state index contributed by atoms with van der Waals surface area (Å²) < 4.78 is 6.24. The Hall–Kier alpha value is -3.25. The number of para-hydroxylation sites is 1. The number of ether oxygens (including phenoxy) is 1. The van der Waals surface area contributed by atoms with Gasteiger partial charge in [-0.2, -0.15) is 0 Å². The number of nitrogens with two attached hydrogens (primary N) is 1. The van der Waals surface area contributed by atoms with Crippen molar-refractivity contribution in [3.8, 4) is 5.75 Å². The number of aromatic nitrogens is 1. The summed E-state index contributed by atoms with van der Waals surface area (Å²) >= 11 is 6.27. The van der Waals surface area contributed by atoms with E-state index in [0.29, 0.717) is 17.3 Å². The normalized spacial score (nSPS) is 18.8. The lowest BCUT2D eigenvalue weighted by atomic mass is 9.69. The van der Waals surface area contributed by atoms with Gasteiger partial charge in [0, 0.05) is 53.6 Å². The molecule has 0 radical (unpaired) electrons. The lowest BCUT2D eigenvalue weighted by Crippen LogP contribution is -2.54. The number of rotatable bonds is 4. The minimum atomic E-state index is -0.585. The molecule has 1 fully saturated rings. The highest BCUT2D eigenvalue weighted by atomic mass is 35.5. The molecule has 1 amide bonds. The number of fused-ring (bicyclic) bond motifs is 2. The molecule has 7 heteroatoms. The summed E-state index contributed by atoms with van der Waals surface area (Å²) in [7, 11) is 0. The zero-order chi connectivity index (χ0) is 22.1.